The molecule has 0 aromatic heterocycles. The lowest BCUT2D eigenvalue weighted by atomic mass is 9.97. The summed E-state index contributed by atoms with van der Waals surface area (Å²) in [5.74, 6) is 0. The maximum absolute atomic E-state index is 12.8. The van der Waals surface area contributed by atoms with Crippen molar-refractivity contribution in [1.82, 2.24) is 10.2 Å². The Bertz CT molecular complexity index is 353. The molecule has 2 nitrogen and oxygen atoms in total. The first-order valence-corrected chi connectivity index (χ1v) is 6.39. The van der Waals surface area contributed by atoms with Gasteiger partial charge in [0.15, 0.2) is 0 Å². The molecule has 18 heavy (non-hydrogen) atoms. The van der Waals surface area contributed by atoms with E-state index in [1.165, 1.54) is 11.1 Å². The molecule has 1 N–H and O–H groups in total. The van der Waals surface area contributed by atoms with Crippen LogP contribution in [0.1, 0.15) is 23.6 Å². The molecule has 0 amide bonds. The normalized spacial score (nSPS) is 18.1. The van der Waals surface area contributed by atoms with E-state index >= 15 is 0 Å². The molecule has 0 spiro atoms. The first-order chi connectivity index (χ1) is 8.33. The van der Waals surface area contributed by atoms with Crippen LogP contribution in [-0.4, -0.2) is 37.8 Å². The lowest BCUT2D eigenvalue weighted by molar-refractivity contribution is 0.157. The van der Waals surface area contributed by atoms with Crippen molar-refractivity contribution < 1.29 is 4.39 Å². The van der Waals surface area contributed by atoms with Crippen LogP contribution >= 0.6 is 12.4 Å². The molecule has 1 aromatic carbocycles. The fraction of sp³-hybridized carbons (Fsp3) is 0.571. The Hall–Kier alpha value is -0.640. The molecule has 1 saturated heterocycles. The Kier molecular flexibility index (Phi) is 6.61. The summed E-state index contributed by atoms with van der Waals surface area (Å²) >= 11 is 0. The van der Waals surface area contributed by atoms with Crippen molar-refractivity contribution >= 4 is 12.4 Å². The van der Waals surface area contributed by atoms with Gasteiger partial charge in [-0.3, -0.25) is 9.29 Å². The second-order valence-corrected chi connectivity index (χ2v) is 4.64. The summed E-state index contributed by atoms with van der Waals surface area (Å²) in [6, 6.07) is 8.59. The van der Waals surface area contributed by atoms with Crippen molar-refractivity contribution in [2.75, 3.05) is 32.9 Å². The van der Waals surface area contributed by atoms with E-state index < -0.39 is 0 Å². The van der Waals surface area contributed by atoms with Crippen LogP contribution in [0.3, 0.4) is 0 Å². The van der Waals surface area contributed by atoms with Gasteiger partial charge in [0.25, 0.3) is 0 Å². The fourth-order valence-corrected chi connectivity index (χ4v) is 2.59. The maximum atomic E-state index is 12.8. The number of halogens is 2. The van der Waals surface area contributed by atoms with Crippen molar-refractivity contribution in [1.29, 1.82) is 0 Å². The second kappa shape index (κ2) is 7.72. The first kappa shape index (κ1) is 15.4. The number of nitrogens with one attached hydrogen (secondary N) is 1. The van der Waals surface area contributed by atoms with Crippen LogP contribution < -0.4 is 5.32 Å². The van der Waals surface area contributed by atoms with Crippen LogP contribution in [0.15, 0.2) is 24.3 Å². The number of hydrogen-bond donors (Lipinski definition) is 1. The van der Waals surface area contributed by atoms with Crippen molar-refractivity contribution in [3.8, 4) is 0 Å². The second-order valence-electron chi connectivity index (χ2n) is 4.64. The van der Waals surface area contributed by atoms with Crippen LogP contribution in [0.4, 0.5) is 4.39 Å². The molecule has 0 bridgehead atoms. The topological polar surface area (TPSA) is 15.3 Å². The summed E-state index contributed by atoms with van der Waals surface area (Å²) in [5.41, 5.74) is 2.55. The monoisotopic (exact) mass is 272 g/mol. The third-order valence-electron chi connectivity index (χ3n) is 3.52. The van der Waals surface area contributed by atoms with Crippen LogP contribution in [0, 0.1) is 6.92 Å². The van der Waals surface area contributed by atoms with E-state index in [0.29, 0.717) is 6.42 Å². The molecule has 102 valence electrons. The number of hydrogen-bond acceptors (Lipinski definition) is 2. The Balaban J connectivity index is 0.00000162. The maximum Gasteiger partial charge on any atom is 0.0912 e. The molecular weight excluding hydrogens is 251 g/mol. The Labute approximate surface area is 115 Å². The zero-order valence-corrected chi connectivity index (χ0v) is 11.7. The lowest BCUT2D eigenvalue weighted by Gasteiger charge is -2.35. The van der Waals surface area contributed by atoms with Gasteiger partial charge in [0, 0.05) is 32.2 Å². The van der Waals surface area contributed by atoms with Gasteiger partial charge in [0.2, 0.25) is 0 Å². The molecule has 1 aliphatic rings. The SMILES string of the molecule is Cc1ccccc1[C@H](CCF)N1CCNCC1.Cl. The first-order valence-electron chi connectivity index (χ1n) is 6.39. The van der Waals surface area contributed by atoms with Gasteiger partial charge >= 0.3 is 0 Å². The average molecular weight is 273 g/mol. The van der Waals surface area contributed by atoms with Crippen molar-refractivity contribution in [2.45, 2.75) is 19.4 Å². The summed E-state index contributed by atoms with van der Waals surface area (Å²) in [6.07, 6.45) is 0.602. The molecule has 1 fully saturated rings. The van der Waals surface area contributed by atoms with Gasteiger partial charge in [-0.2, -0.15) is 0 Å². The Morgan fingerprint density at radius 1 is 1.28 bits per heavy atom. The molecule has 0 saturated carbocycles. The zero-order chi connectivity index (χ0) is 12.1. The highest BCUT2D eigenvalue weighted by atomic mass is 35.5. The lowest BCUT2D eigenvalue weighted by Crippen LogP contribution is -2.45. The summed E-state index contributed by atoms with van der Waals surface area (Å²) in [5, 5.41) is 3.34. The minimum atomic E-state index is -0.247. The van der Waals surface area contributed by atoms with Crippen molar-refractivity contribution in [2.24, 2.45) is 0 Å². The number of aryl methyl sites for hydroxylation is 1. The highest BCUT2D eigenvalue weighted by Crippen LogP contribution is 2.27. The minimum Gasteiger partial charge on any atom is -0.314 e. The molecule has 1 atom stereocenters. The summed E-state index contributed by atoms with van der Waals surface area (Å²) in [6.45, 7) is 5.91. The van der Waals surface area contributed by atoms with Gasteiger partial charge in [-0.05, 0) is 24.5 Å². The molecule has 4 heteroatoms. The zero-order valence-electron chi connectivity index (χ0n) is 10.9. The highest BCUT2D eigenvalue weighted by molar-refractivity contribution is 5.85. The molecule has 1 aromatic rings. The van der Waals surface area contributed by atoms with E-state index in [1.54, 1.807) is 0 Å². The Morgan fingerprint density at radius 2 is 1.94 bits per heavy atom. The Morgan fingerprint density at radius 3 is 2.56 bits per heavy atom. The average Bonchev–Trinajstić information content (AvgIpc) is 2.38. The number of rotatable bonds is 4. The van der Waals surface area contributed by atoms with Crippen LogP contribution in [-0.2, 0) is 0 Å². The van der Waals surface area contributed by atoms with Gasteiger partial charge in [0.1, 0.15) is 0 Å². The minimum absolute atomic E-state index is 0. The predicted molar refractivity (Wildman–Crippen MR) is 76.2 cm³/mol. The van der Waals surface area contributed by atoms with E-state index in [9.17, 15) is 4.39 Å². The third kappa shape index (κ3) is 3.67. The molecule has 1 heterocycles. The van der Waals surface area contributed by atoms with Crippen LogP contribution in [0.25, 0.3) is 0 Å². The molecular formula is C14H22ClFN2. The van der Waals surface area contributed by atoms with Gasteiger partial charge < -0.3 is 5.32 Å². The largest absolute Gasteiger partial charge is 0.314 e. The van der Waals surface area contributed by atoms with E-state index in [-0.39, 0.29) is 25.1 Å². The third-order valence-corrected chi connectivity index (χ3v) is 3.52. The molecule has 1 aliphatic heterocycles. The smallest absolute Gasteiger partial charge is 0.0912 e. The number of nitrogens with zero attached hydrogens (tertiary/aromatic N) is 1. The predicted octanol–water partition coefficient (Wildman–Crippen LogP) is 2.72. The van der Waals surface area contributed by atoms with Crippen molar-refractivity contribution in [3.05, 3.63) is 35.4 Å². The standard InChI is InChI=1S/C14H21FN2.ClH/c1-12-4-2-3-5-13(12)14(6-7-15)17-10-8-16-9-11-17;/h2-5,14,16H,6-11H2,1H3;1H/t14-;/m0./s1. The molecule has 0 unspecified atom stereocenters. The van der Waals surface area contributed by atoms with E-state index in [0.717, 1.165) is 26.2 Å². The molecule has 0 radical (unpaired) electrons. The van der Waals surface area contributed by atoms with E-state index in [4.69, 9.17) is 0 Å². The summed E-state index contributed by atoms with van der Waals surface area (Å²) in [4.78, 5) is 2.40. The van der Waals surface area contributed by atoms with Gasteiger partial charge in [-0.25, -0.2) is 0 Å². The van der Waals surface area contributed by atoms with E-state index in [2.05, 4.69) is 35.3 Å². The molecule has 0 aliphatic carbocycles. The van der Waals surface area contributed by atoms with Crippen molar-refractivity contribution in [3.63, 3.8) is 0 Å². The molecule has 2 rings (SSSR count). The number of piperazine rings is 1. The van der Waals surface area contributed by atoms with Gasteiger partial charge in [-0.1, -0.05) is 24.3 Å². The highest BCUT2D eigenvalue weighted by Gasteiger charge is 2.22. The quantitative estimate of drug-likeness (QED) is 0.907. The van der Waals surface area contributed by atoms with Gasteiger partial charge in [-0.15, -0.1) is 12.4 Å². The van der Waals surface area contributed by atoms with Gasteiger partial charge in [0.05, 0.1) is 6.67 Å². The van der Waals surface area contributed by atoms with Crippen LogP contribution in [0.5, 0.6) is 0 Å². The number of alkyl halides is 1. The number of benzene rings is 1. The summed E-state index contributed by atoms with van der Waals surface area (Å²) in [7, 11) is 0. The summed E-state index contributed by atoms with van der Waals surface area (Å²) < 4.78 is 12.8. The van der Waals surface area contributed by atoms with Crippen LogP contribution in [0.2, 0.25) is 0 Å². The van der Waals surface area contributed by atoms with E-state index in [1.807, 2.05) is 6.07 Å². The fourth-order valence-electron chi connectivity index (χ4n) is 2.59.